The number of aliphatic carboxylic acids is 1. The van der Waals surface area contributed by atoms with Crippen molar-refractivity contribution in [3.8, 4) is 11.1 Å². The molecule has 34 heavy (non-hydrogen) atoms. The number of alkyl carbamates (subject to hydrolysis) is 1. The minimum atomic E-state index is -0.856. The van der Waals surface area contributed by atoms with Gasteiger partial charge in [-0.2, -0.15) is 0 Å². The number of benzene rings is 2. The minimum Gasteiger partial charge on any atom is -0.481 e. The Bertz CT molecular complexity index is 1010. The third kappa shape index (κ3) is 5.41. The summed E-state index contributed by atoms with van der Waals surface area (Å²) in [4.78, 5) is 37.7. The van der Waals surface area contributed by atoms with E-state index in [9.17, 15) is 14.4 Å². The summed E-state index contributed by atoms with van der Waals surface area (Å²) in [5.41, 5.74) is 4.72. The second-order valence-corrected chi connectivity index (χ2v) is 9.29. The van der Waals surface area contributed by atoms with Gasteiger partial charge in [0.15, 0.2) is 0 Å². The SMILES string of the molecule is CN(CCCC(=O)O)C(=O)[C@@H]1CCC[C@@H](NC(=O)OCC2c3ccccc3-c3ccccc32)C1. The molecule has 7 heteroatoms. The summed E-state index contributed by atoms with van der Waals surface area (Å²) in [5, 5.41) is 11.7. The van der Waals surface area contributed by atoms with E-state index in [2.05, 4.69) is 29.6 Å². The number of carboxylic acids is 1. The zero-order chi connectivity index (χ0) is 24.1. The van der Waals surface area contributed by atoms with Crippen molar-refractivity contribution in [1.82, 2.24) is 10.2 Å². The lowest BCUT2D eigenvalue weighted by Crippen LogP contribution is -2.43. The van der Waals surface area contributed by atoms with Gasteiger partial charge in [-0.05, 0) is 47.9 Å². The van der Waals surface area contributed by atoms with Gasteiger partial charge in [-0.15, -0.1) is 0 Å². The second kappa shape index (κ2) is 10.7. The first-order valence-electron chi connectivity index (χ1n) is 12.0. The van der Waals surface area contributed by atoms with Crippen LogP contribution >= 0.6 is 0 Å². The van der Waals surface area contributed by atoms with E-state index in [4.69, 9.17) is 9.84 Å². The van der Waals surface area contributed by atoms with Gasteiger partial charge in [-0.25, -0.2) is 4.79 Å². The number of fused-ring (bicyclic) bond motifs is 3. The lowest BCUT2D eigenvalue weighted by atomic mass is 9.85. The molecule has 1 fully saturated rings. The molecule has 2 aromatic rings. The van der Waals surface area contributed by atoms with Crippen LogP contribution in [0.5, 0.6) is 0 Å². The van der Waals surface area contributed by atoms with Crippen LogP contribution in [0.15, 0.2) is 48.5 Å². The van der Waals surface area contributed by atoms with Gasteiger partial charge in [0.05, 0.1) is 0 Å². The summed E-state index contributed by atoms with van der Waals surface area (Å²) in [6.45, 7) is 0.688. The molecule has 2 amide bonds. The Kier molecular flexibility index (Phi) is 7.50. The number of carbonyl (C=O) groups is 3. The van der Waals surface area contributed by atoms with Gasteiger partial charge < -0.3 is 20.1 Å². The molecule has 7 nitrogen and oxygen atoms in total. The number of nitrogens with one attached hydrogen (secondary N) is 1. The Morgan fingerprint density at radius 3 is 2.32 bits per heavy atom. The Hall–Kier alpha value is -3.35. The fraction of sp³-hybridized carbons (Fsp3) is 0.444. The monoisotopic (exact) mass is 464 g/mol. The summed E-state index contributed by atoms with van der Waals surface area (Å²) >= 11 is 0. The molecular formula is C27H32N2O5. The highest BCUT2D eigenvalue weighted by atomic mass is 16.5. The summed E-state index contributed by atoms with van der Waals surface area (Å²) in [7, 11) is 1.72. The Morgan fingerprint density at radius 2 is 1.68 bits per heavy atom. The topological polar surface area (TPSA) is 95.9 Å². The van der Waals surface area contributed by atoms with Crippen LogP contribution in [0, 0.1) is 5.92 Å². The van der Waals surface area contributed by atoms with Crippen molar-refractivity contribution in [3.63, 3.8) is 0 Å². The van der Waals surface area contributed by atoms with E-state index in [1.807, 2.05) is 24.3 Å². The van der Waals surface area contributed by atoms with Gasteiger partial charge in [-0.3, -0.25) is 9.59 Å². The third-order valence-electron chi connectivity index (χ3n) is 6.95. The van der Waals surface area contributed by atoms with E-state index in [-0.39, 0.29) is 36.8 Å². The molecule has 0 unspecified atom stereocenters. The molecule has 180 valence electrons. The van der Waals surface area contributed by atoms with E-state index in [0.29, 0.717) is 19.4 Å². The van der Waals surface area contributed by atoms with E-state index in [1.54, 1.807) is 11.9 Å². The third-order valence-corrected chi connectivity index (χ3v) is 6.95. The van der Waals surface area contributed by atoms with Gasteiger partial charge in [0.25, 0.3) is 0 Å². The van der Waals surface area contributed by atoms with Gasteiger partial charge >= 0.3 is 12.1 Å². The number of hydrogen-bond donors (Lipinski definition) is 2. The van der Waals surface area contributed by atoms with Crippen LogP contribution in [0.3, 0.4) is 0 Å². The van der Waals surface area contributed by atoms with Crippen molar-refractivity contribution in [2.45, 2.75) is 50.5 Å². The van der Waals surface area contributed by atoms with Crippen molar-refractivity contribution < 1.29 is 24.2 Å². The summed E-state index contributed by atoms with van der Waals surface area (Å²) < 4.78 is 5.66. The predicted octanol–water partition coefficient (Wildman–Crippen LogP) is 4.41. The van der Waals surface area contributed by atoms with Crippen LogP contribution in [0.1, 0.15) is 55.6 Å². The molecule has 2 N–H and O–H groups in total. The van der Waals surface area contributed by atoms with Crippen molar-refractivity contribution in [2.75, 3.05) is 20.2 Å². The number of amides is 2. The number of ether oxygens (including phenoxy) is 1. The Morgan fingerprint density at radius 1 is 1.03 bits per heavy atom. The molecule has 0 radical (unpaired) electrons. The van der Waals surface area contributed by atoms with Crippen LogP contribution in [-0.2, 0) is 14.3 Å². The number of carbonyl (C=O) groups excluding carboxylic acids is 2. The van der Waals surface area contributed by atoms with Crippen LogP contribution in [0.4, 0.5) is 4.79 Å². The predicted molar refractivity (Wildman–Crippen MR) is 128 cm³/mol. The first-order chi connectivity index (χ1) is 16.4. The van der Waals surface area contributed by atoms with Gasteiger partial charge in [0.1, 0.15) is 6.61 Å². The number of carboxylic acid groups (broad SMARTS) is 1. The van der Waals surface area contributed by atoms with Crippen LogP contribution < -0.4 is 5.32 Å². The van der Waals surface area contributed by atoms with Crippen molar-refractivity contribution in [3.05, 3.63) is 59.7 Å². The van der Waals surface area contributed by atoms with Gasteiger partial charge in [0, 0.05) is 37.9 Å². The fourth-order valence-electron chi connectivity index (χ4n) is 5.24. The molecule has 0 saturated heterocycles. The second-order valence-electron chi connectivity index (χ2n) is 9.29. The zero-order valence-corrected chi connectivity index (χ0v) is 19.5. The molecule has 4 rings (SSSR count). The molecule has 2 aromatic carbocycles. The molecule has 1 saturated carbocycles. The molecule has 0 aromatic heterocycles. The van der Waals surface area contributed by atoms with Gasteiger partial charge in [0.2, 0.25) is 5.91 Å². The van der Waals surface area contributed by atoms with Crippen LogP contribution in [-0.4, -0.2) is 54.2 Å². The molecule has 0 spiro atoms. The molecule has 0 bridgehead atoms. The summed E-state index contributed by atoms with van der Waals surface area (Å²) in [6, 6.07) is 16.3. The Labute approximate surface area is 200 Å². The molecule has 0 heterocycles. The van der Waals surface area contributed by atoms with Crippen molar-refractivity contribution >= 4 is 18.0 Å². The molecule has 0 aliphatic heterocycles. The number of rotatable bonds is 8. The molecule has 2 atom stereocenters. The van der Waals surface area contributed by atoms with E-state index in [0.717, 1.165) is 19.3 Å². The highest BCUT2D eigenvalue weighted by Crippen LogP contribution is 2.44. The minimum absolute atomic E-state index is 0.0123. The molecular weight excluding hydrogens is 432 g/mol. The van der Waals surface area contributed by atoms with Crippen LogP contribution in [0.25, 0.3) is 11.1 Å². The van der Waals surface area contributed by atoms with E-state index < -0.39 is 12.1 Å². The average Bonchev–Trinajstić information content (AvgIpc) is 3.16. The quantitative estimate of drug-likeness (QED) is 0.603. The van der Waals surface area contributed by atoms with Crippen molar-refractivity contribution in [2.24, 2.45) is 5.92 Å². The highest BCUT2D eigenvalue weighted by molar-refractivity contribution is 5.80. The van der Waals surface area contributed by atoms with E-state index in [1.165, 1.54) is 22.3 Å². The smallest absolute Gasteiger partial charge is 0.407 e. The number of nitrogens with zero attached hydrogens (tertiary/aromatic N) is 1. The summed E-state index contributed by atoms with van der Waals surface area (Å²) in [5.74, 6) is -0.990. The maximum absolute atomic E-state index is 12.8. The zero-order valence-electron chi connectivity index (χ0n) is 19.5. The lowest BCUT2D eigenvalue weighted by Gasteiger charge is -2.31. The standard InChI is InChI=1S/C27H32N2O5/c1-29(15-7-14-25(30)31)26(32)18-8-6-9-19(16-18)28-27(33)34-17-24-22-12-4-2-10-20(22)21-11-3-5-13-23(21)24/h2-5,10-13,18-19,24H,6-9,14-17H2,1H3,(H,28,33)(H,30,31)/t18-,19-/m1/s1. The Balaban J connectivity index is 1.29. The fourth-order valence-corrected chi connectivity index (χ4v) is 5.24. The molecule has 2 aliphatic rings. The normalized spacial score (nSPS) is 19.1. The molecule has 2 aliphatic carbocycles. The maximum atomic E-state index is 12.8. The van der Waals surface area contributed by atoms with E-state index >= 15 is 0 Å². The average molecular weight is 465 g/mol. The first kappa shape index (κ1) is 23.8. The van der Waals surface area contributed by atoms with Gasteiger partial charge in [-0.1, -0.05) is 55.0 Å². The van der Waals surface area contributed by atoms with Crippen molar-refractivity contribution in [1.29, 1.82) is 0 Å². The first-order valence-corrected chi connectivity index (χ1v) is 12.0. The number of hydrogen-bond acceptors (Lipinski definition) is 4. The highest BCUT2D eigenvalue weighted by Gasteiger charge is 2.32. The lowest BCUT2D eigenvalue weighted by molar-refractivity contribution is -0.139. The summed E-state index contributed by atoms with van der Waals surface area (Å²) in [6.07, 6.45) is 3.07. The van der Waals surface area contributed by atoms with Crippen LogP contribution in [0.2, 0.25) is 0 Å². The largest absolute Gasteiger partial charge is 0.481 e. The maximum Gasteiger partial charge on any atom is 0.407 e.